The second kappa shape index (κ2) is 6.03. The molecule has 0 saturated heterocycles. The number of aliphatic carboxylic acids is 1. The summed E-state index contributed by atoms with van der Waals surface area (Å²) in [4.78, 5) is 16.5. The predicted octanol–water partition coefficient (Wildman–Crippen LogP) is 2.73. The van der Waals surface area contributed by atoms with Gasteiger partial charge in [0, 0.05) is 16.0 Å². The summed E-state index contributed by atoms with van der Waals surface area (Å²) in [5.74, 6) is -0.836. The molecule has 94 valence electrons. The Balaban J connectivity index is 2.06. The van der Waals surface area contributed by atoms with Crippen molar-refractivity contribution in [2.75, 3.05) is 0 Å². The molecular formula is C14H10N2O2S. The van der Waals surface area contributed by atoms with E-state index in [9.17, 15) is 4.79 Å². The number of rotatable bonds is 4. The second-order valence-electron chi connectivity index (χ2n) is 3.81. The summed E-state index contributed by atoms with van der Waals surface area (Å²) in [6.07, 6.45) is 1.68. The van der Waals surface area contributed by atoms with E-state index in [0.29, 0.717) is 5.69 Å². The molecule has 0 unspecified atom stereocenters. The van der Waals surface area contributed by atoms with Gasteiger partial charge in [0.2, 0.25) is 0 Å². The maximum Gasteiger partial charge on any atom is 0.307 e. The summed E-state index contributed by atoms with van der Waals surface area (Å²) in [7, 11) is 0. The summed E-state index contributed by atoms with van der Waals surface area (Å²) in [5.41, 5.74) is 1.16. The van der Waals surface area contributed by atoms with Gasteiger partial charge in [0.25, 0.3) is 0 Å². The molecule has 0 atom stereocenters. The number of nitrogens with zero attached hydrogens (tertiary/aromatic N) is 2. The van der Waals surface area contributed by atoms with E-state index in [4.69, 9.17) is 10.4 Å². The van der Waals surface area contributed by atoms with E-state index in [1.807, 2.05) is 24.3 Å². The minimum Gasteiger partial charge on any atom is -0.481 e. The van der Waals surface area contributed by atoms with Gasteiger partial charge in [0.1, 0.15) is 11.8 Å². The van der Waals surface area contributed by atoms with Crippen LogP contribution in [0, 0.1) is 11.3 Å². The van der Waals surface area contributed by atoms with Crippen molar-refractivity contribution in [3.63, 3.8) is 0 Å². The summed E-state index contributed by atoms with van der Waals surface area (Å²) >= 11 is 1.52. The van der Waals surface area contributed by atoms with E-state index in [1.165, 1.54) is 11.8 Å². The number of aromatic nitrogens is 1. The van der Waals surface area contributed by atoms with Crippen LogP contribution in [0.25, 0.3) is 0 Å². The monoisotopic (exact) mass is 270 g/mol. The molecule has 1 heterocycles. The van der Waals surface area contributed by atoms with Crippen LogP contribution in [0.4, 0.5) is 0 Å². The van der Waals surface area contributed by atoms with Crippen molar-refractivity contribution in [1.29, 1.82) is 5.26 Å². The van der Waals surface area contributed by atoms with Crippen LogP contribution in [0.15, 0.2) is 52.4 Å². The number of pyridine rings is 1. The van der Waals surface area contributed by atoms with Gasteiger partial charge in [-0.05, 0) is 29.8 Å². The zero-order valence-electron chi connectivity index (χ0n) is 9.91. The third-order valence-corrected chi connectivity index (χ3v) is 3.35. The largest absolute Gasteiger partial charge is 0.481 e. The fourth-order valence-corrected chi connectivity index (χ4v) is 2.28. The molecule has 2 aromatic rings. The van der Waals surface area contributed by atoms with Crippen LogP contribution < -0.4 is 0 Å². The van der Waals surface area contributed by atoms with Gasteiger partial charge in [-0.3, -0.25) is 4.79 Å². The zero-order valence-corrected chi connectivity index (χ0v) is 10.7. The van der Waals surface area contributed by atoms with Crippen LogP contribution in [0.2, 0.25) is 0 Å². The highest BCUT2D eigenvalue weighted by Gasteiger charge is 2.02. The predicted molar refractivity (Wildman–Crippen MR) is 70.9 cm³/mol. The quantitative estimate of drug-likeness (QED) is 0.924. The molecular weight excluding hydrogens is 260 g/mol. The third kappa shape index (κ3) is 3.83. The standard InChI is InChI=1S/C14H10N2O2S/c15-8-11-3-6-13(9-16-11)19-12-4-1-10(2-5-12)7-14(17)18/h1-6,9H,7H2,(H,17,18). The van der Waals surface area contributed by atoms with Crippen LogP contribution in [0.5, 0.6) is 0 Å². The Labute approximate surface area is 114 Å². The fraction of sp³-hybridized carbons (Fsp3) is 0.0714. The maximum atomic E-state index is 10.6. The van der Waals surface area contributed by atoms with E-state index in [2.05, 4.69) is 4.98 Å². The Hall–Kier alpha value is -2.32. The second-order valence-corrected chi connectivity index (χ2v) is 4.95. The minimum atomic E-state index is -0.836. The van der Waals surface area contributed by atoms with Gasteiger partial charge in [-0.2, -0.15) is 5.26 Å². The summed E-state index contributed by atoms with van der Waals surface area (Å²) in [6, 6.07) is 12.8. The molecule has 0 aliphatic carbocycles. The third-order valence-electron chi connectivity index (χ3n) is 2.37. The van der Waals surface area contributed by atoms with Crippen LogP contribution >= 0.6 is 11.8 Å². The van der Waals surface area contributed by atoms with Crippen LogP contribution in [0.3, 0.4) is 0 Å². The lowest BCUT2D eigenvalue weighted by molar-refractivity contribution is -0.136. The lowest BCUT2D eigenvalue weighted by atomic mass is 10.2. The van der Waals surface area contributed by atoms with Crippen LogP contribution in [-0.4, -0.2) is 16.1 Å². The fourth-order valence-electron chi connectivity index (χ4n) is 1.49. The number of carboxylic acid groups (broad SMARTS) is 1. The zero-order chi connectivity index (χ0) is 13.7. The first-order valence-corrected chi connectivity index (χ1v) is 6.34. The molecule has 4 nitrogen and oxygen atoms in total. The van der Waals surface area contributed by atoms with E-state index >= 15 is 0 Å². The minimum absolute atomic E-state index is 0.0311. The van der Waals surface area contributed by atoms with Gasteiger partial charge >= 0.3 is 5.97 Å². The van der Waals surface area contributed by atoms with Gasteiger partial charge in [-0.15, -0.1) is 0 Å². The molecule has 0 fully saturated rings. The van der Waals surface area contributed by atoms with E-state index < -0.39 is 5.97 Å². The molecule has 5 heteroatoms. The first-order valence-electron chi connectivity index (χ1n) is 5.52. The molecule has 19 heavy (non-hydrogen) atoms. The van der Waals surface area contributed by atoms with E-state index in [1.54, 1.807) is 24.4 Å². The van der Waals surface area contributed by atoms with Crippen molar-refractivity contribution < 1.29 is 9.90 Å². The smallest absolute Gasteiger partial charge is 0.307 e. The molecule has 1 aromatic carbocycles. The Morgan fingerprint density at radius 1 is 1.21 bits per heavy atom. The number of nitriles is 1. The maximum absolute atomic E-state index is 10.6. The Kier molecular flexibility index (Phi) is 4.16. The Morgan fingerprint density at radius 2 is 1.89 bits per heavy atom. The lowest BCUT2D eigenvalue weighted by Crippen LogP contribution is -1.99. The van der Waals surface area contributed by atoms with Crippen molar-refractivity contribution in [3.05, 3.63) is 53.9 Å². The van der Waals surface area contributed by atoms with Crippen LogP contribution in [-0.2, 0) is 11.2 Å². The SMILES string of the molecule is N#Cc1ccc(Sc2ccc(CC(=O)O)cc2)cn1. The molecule has 1 N–H and O–H groups in total. The molecule has 1 aromatic heterocycles. The first-order chi connectivity index (χ1) is 9.17. The van der Waals surface area contributed by atoms with Gasteiger partial charge in [-0.1, -0.05) is 23.9 Å². The van der Waals surface area contributed by atoms with Gasteiger partial charge in [-0.25, -0.2) is 4.98 Å². The highest BCUT2D eigenvalue weighted by Crippen LogP contribution is 2.27. The Morgan fingerprint density at radius 3 is 2.42 bits per heavy atom. The summed E-state index contributed by atoms with van der Waals surface area (Å²) in [5, 5.41) is 17.3. The number of hydrogen-bond acceptors (Lipinski definition) is 4. The number of hydrogen-bond donors (Lipinski definition) is 1. The number of carboxylic acids is 1. The summed E-state index contributed by atoms with van der Waals surface area (Å²) in [6.45, 7) is 0. The molecule has 0 amide bonds. The van der Waals surface area contributed by atoms with Crippen molar-refractivity contribution >= 4 is 17.7 Å². The lowest BCUT2D eigenvalue weighted by Gasteiger charge is -2.02. The van der Waals surface area contributed by atoms with E-state index in [-0.39, 0.29) is 6.42 Å². The topological polar surface area (TPSA) is 74.0 Å². The van der Waals surface area contributed by atoms with Crippen LogP contribution in [0.1, 0.15) is 11.3 Å². The molecule has 0 aliphatic heterocycles. The average molecular weight is 270 g/mol. The highest BCUT2D eigenvalue weighted by atomic mass is 32.2. The molecule has 0 saturated carbocycles. The molecule has 0 aliphatic rings. The van der Waals surface area contributed by atoms with Gasteiger partial charge < -0.3 is 5.11 Å². The first kappa shape index (κ1) is 13.1. The van der Waals surface area contributed by atoms with Crippen molar-refractivity contribution in [3.8, 4) is 6.07 Å². The molecule has 0 spiro atoms. The number of benzene rings is 1. The van der Waals surface area contributed by atoms with E-state index in [0.717, 1.165) is 15.4 Å². The molecule has 0 bridgehead atoms. The molecule has 0 radical (unpaired) electrons. The summed E-state index contributed by atoms with van der Waals surface area (Å²) < 4.78 is 0. The average Bonchev–Trinajstić information content (AvgIpc) is 2.41. The normalized spacial score (nSPS) is 9.84. The van der Waals surface area contributed by atoms with Crippen molar-refractivity contribution in [1.82, 2.24) is 4.98 Å². The highest BCUT2D eigenvalue weighted by molar-refractivity contribution is 7.99. The Bertz CT molecular complexity index is 615. The van der Waals surface area contributed by atoms with Crippen molar-refractivity contribution in [2.24, 2.45) is 0 Å². The molecule has 2 rings (SSSR count). The number of carbonyl (C=O) groups is 1. The van der Waals surface area contributed by atoms with Crippen molar-refractivity contribution in [2.45, 2.75) is 16.2 Å². The van der Waals surface area contributed by atoms with Gasteiger partial charge in [0.05, 0.1) is 6.42 Å². The van der Waals surface area contributed by atoms with Gasteiger partial charge in [0.15, 0.2) is 0 Å².